The van der Waals surface area contributed by atoms with Gasteiger partial charge in [-0.2, -0.15) is 15.8 Å². The molecule has 0 fully saturated rings. The normalized spacial score (nSPS) is 8.61. The number of hydrogen-bond donors (Lipinski definition) is 2. The molecule has 0 unspecified atom stereocenters. The third kappa shape index (κ3) is 2.52. The number of rotatable bonds is 2. The number of anilines is 1. The van der Waals surface area contributed by atoms with Crippen LogP contribution in [0.15, 0.2) is 23.4 Å². The summed E-state index contributed by atoms with van der Waals surface area (Å²) in [6, 6.07) is 8.03. The van der Waals surface area contributed by atoms with Crippen LogP contribution in [0.4, 0.5) is 5.69 Å². The second kappa shape index (κ2) is 5.59. The van der Waals surface area contributed by atoms with Gasteiger partial charge in [-0.3, -0.25) is 0 Å². The first-order valence-electron chi connectivity index (χ1n) is 4.74. The first-order valence-corrected chi connectivity index (χ1v) is 5.12. The fourth-order valence-corrected chi connectivity index (χ4v) is 1.43. The van der Waals surface area contributed by atoms with Gasteiger partial charge in [0, 0.05) is 0 Å². The average molecular weight is 259 g/mol. The summed E-state index contributed by atoms with van der Waals surface area (Å²) >= 11 is 5.88. The number of phenols is 1. The maximum Gasteiger partial charge on any atom is 0.163 e. The molecule has 6 heteroatoms. The molecule has 1 aromatic carbocycles. The molecule has 1 rings (SSSR count). The average Bonchev–Trinajstić information content (AvgIpc) is 2.38. The standard InChI is InChI=1S/C12H7ClN4O/c1-7-2-3-9(11(13)12(7)18)17-10(6-16)8(4-14)5-15/h2-3,17-18H,1H3. The number of phenolic OH excluding ortho intramolecular Hbond substituents is 1. The third-order valence-corrected chi connectivity index (χ3v) is 2.55. The van der Waals surface area contributed by atoms with E-state index in [9.17, 15) is 5.11 Å². The minimum absolute atomic E-state index is 0.0259. The van der Waals surface area contributed by atoms with Crippen molar-refractivity contribution in [2.24, 2.45) is 0 Å². The van der Waals surface area contributed by atoms with Gasteiger partial charge >= 0.3 is 0 Å². The highest BCUT2D eigenvalue weighted by Crippen LogP contribution is 2.34. The molecular weight excluding hydrogens is 252 g/mol. The molecule has 0 heterocycles. The Morgan fingerprint density at radius 2 is 1.83 bits per heavy atom. The predicted octanol–water partition coefficient (Wildman–Crippen LogP) is 2.59. The predicted molar refractivity (Wildman–Crippen MR) is 65.3 cm³/mol. The molecule has 0 saturated heterocycles. The van der Waals surface area contributed by atoms with Gasteiger partial charge in [-0.15, -0.1) is 0 Å². The van der Waals surface area contributed by atoms with Gasteiger partial charge in [0.1, 0.15) is 34.7 Å². The number of nitrogens with zero attached hydrogens (tertiary/aromatic N) is 3. The number of nitrogens with one attached hydrogen (secondary N) is 1. The van der Waals surface area contributed by atoms with Crippen LogP contribution >= 0.6 is 11.6 Å². The number of allylic oxidation sites excluding steroid dienone is 2. The van der Waals surface area contributed by atoms with Crippen LogP contribution in [-0.2, 0) is 0 Å². The van der Waals surface area contributed by atoms with Gasteiger partial charge in [-0.05, 0) is 18.6 Å². The van der Waals surface area contributed by atoms with Crippen molar-refractivity contribution < 1.29 is 5.11 Å². The number of nitriles is 3. The van der Waals surface area contributed by atoms with E-state index in [1.807, 2.05) is 0 Å². The van der Waals surface area contributed by atoms with E-state index in [0.717, 1.165) is 0 Å². The largest absolute Gasteiger partial charge is 0.506 e. The van der Waals surface area contributed by atoms with E-state index in [0.29, 0.717) is 5.56 Å². The Morgan fingerprint density at radius 1 is 1.22 bits per heavy atom. The smallest absolute Gasteiger partial charge is 0.163 e. The molecule has 0 spiro atoms. The Balaban J connectivity index is 3.26. The van der Waals surface area contributed by atoms with E-state index < -0.39 is 0 Å². The van der Waals surface area contributed by atoms with Crippen molar-refractivity contribution >= 4 is 17.3 Å². The molecule has 0 aliphatic rings. The summed E-state index contributed by atoms with van der Waals surface area (Å²) < 4.78 is 0. The number of aryl methyl sites for hydroxylation is 1. The van der Waals surface area contributed by atoms with Gasteiger partial charge < -0.3 is 10.4 Å². The van der Waals surface area contributed by atoms with E-state index in [1.165, 1.54) is 0 Å². The van der Waals surface area contributed by atoms with E-state index in [-0.39, 0.29) is 27.7 Å². The van der Waals surface area contributed by atoms with Crippen molar-refractivity contribution in [2.75, 3.05) is 5.32 Å². The summed E-state index contributed by atoms with van der Waals surface area (Å²) in [5, 5.41) is 38.4. The molecular formula is C12H7ClN4O. The van der Waals surface area contributed by atoms with Crippen LogP contribution < -0.4 is 5.32 Å². The Morgan fingerprint density at radius 3 is 2.33 bits per heavy atom. The first kappa shape index (κ1) is 13.4. The van der Waals surface area contributed by atoms with Crippen molar-refractivity contribution in [1.29, 1.82) is 15.8 Å². The Bertz CT molecular complexity index is 628. The van der Waals surface area contributed by atoms with Gasteiger partial charge in [0.2, 0.25) is 0 Å². The quantitative estimate of drug-likeness (QED) is 0.794. The SMILES string of the molecule is Cc1ccc(NC(C#N)=C(C#N)C#N)c(Cl)c1O. The number of benzene rings is 1. The van der Waals surface area contributed by atoms with Gasteiger partial charge in [0.25, 0.3) is 0 Å². The van der Waals surface area contributed by atoms with Crippen LogP contribution in [0, 0.1) is 40.9 Å². The van der Waals surface area contributed by atoms with Crippen LogP contribution in [0.2, 0.25) is 5.02 Å². The highest BCUT2D eigenvalue weighted by molar-refractivity contribution is 6.34. The molecule has 0 aliphatic carbocycles. The summed E-state index contributed by atoms with van der Waals surface area (Å²) in [5.74, 6) is -0.116. The van der Waals surface area contributed by atoms with Gasteiger partial charge in [0.05, 0.1) is 5.69 Å². The molecule has 2 N–H and O–H groups in total. The number of aromatic hydroxyl groups is 1. The Hall–Kier alpha value is -2.68. The van der Waals surface area contributed by atoms with Crippen molar-refractivity contribution in [3.63, 3.8) is 0 Å². The monoisotopic (exact) mass is 258 g/mol. The number of hydrogen-bond acceptors (Lipinski definition) is 5. The zero-order valence-corrected chi connectivity index (χ0v) is 10.1. The van der Waals surface area contributed by atoms with Crippen LogP contribution in [0.5, 0.6) is 5.75 Å². The molecule has 88 valence electrons. The van der Waals surface area contributed by atoms with Crippen molar-refractivity contribution in [2.45, 2.75) is 6.92 Å². The van der Waals surface area contributed by atoms with Crippen molar-refractivity contribution in [3.05, 3.63) is 34.0 Å². The zero-order valence-electron chi connectivity index (χ0n) is 9.32. The summed E-state index contributed by atoms with van der Waals surface area (Å²) in [6.45, 7) is 1.67. The molecule has 1 aromatic rings. The van der Waals surface area contributed by atoms with Crippen LogP contribution in [-0.4, -0.2) is 5.11 Å². The van der Waals surface area contributed by atoms with E-state index in [1.54, 1.807) is 37.3 Å². The maximum absolute atomic E-state index is 9.62. The molecule has 18 heavy (non-hydrogen) atoms. The summed E-state index contributed by atoms with van der Waals surface area (Å²) in [4.78, 5) is 0. The molecule has 0 saturated carbocycles. The van der Waals surface area contributed by atoms with Crippen LogP contribution in [0.1, 0.15) is 5.56 Å². The lowest BCUT2D eigenvalue weighted by Gasteiger charge is -2.09. The lowest BCUT2D eigenvalue weighted by atomic mass is 10.2. The lowest BCUT2D eigenvalue weighted by molar-refractivity contribution is 0.471. The molecule has 5 nitrogen and oxygen atoms in total. The molecule has 0 aliphatic heterocycles. The van der Waals surface area contributed by atoms with Gasteiger partial charge in [-0.1, -0.05) is 17.7 Å². The van der Waals surface area contributed by atoms with E-state index in [2.05, 4.69) is 5.32 Å². The van der Waals surface area contributed by atoms with Crippen LogP contribution in [0.25, 0.3) is 0 Å². The Kier molecular flexibility index (Phi) is 4.16. The topological polar surface area (TPSA) is 104 Å². The fraction of sp³-hybridized carbons (Fsp3) is 0.0833. The zero-order chi connectivity index (χ0) is 13.7. The summed E-state index contributed by atoms with van der Waals surface area (Å²) in [5.41, 5.74) is 0.256. The van der Waals surface area contributed by atoms with Crippen LogP contribution in [0.3, 0.4) is 0 Å². The van der Waals surface area contributed by atoms with Crippen molar-refractivity contribution in [3.8, 4) is 24.0 Å². The lowest BCUT2D eigenvalue weighted by Crippen LogP contribution is -2.01. The maximum atomic E-state index is 9.62. The van der Waals surface area contributed by atoms with Crippen molar-refractivity contribution in [1.82, 2.24) is 0 Å². The number of halogens is 1. The molecule has 0 aromatic heterocycles. The van der Waals surface area contributed by atoms with Gasteiger partial charge in [0.15, 0.2) is 5.57 Å². The minimum atomic E-state index is -0.353. The Labute approximate surface area is 109 Å². The first-order chi connectivity index (χ1) is 8.54. The molecule has 0 amide bonds. The molecule has 0 atom stereocenters. The second-order valence-electron chi connectivity index (χ2n) is 3.30. The second-order valence-corrected chi connectivity index (χ2v) is 3.68. The molecule has 0 bridgehead atoms. The highest BCUT2D eigenvalue weighted by atomic mass is 35.5. The minimum Gasteiger partial charge on any atom is -0.506 e. The fourth-order valence-electron chi connectivity index (χ4n) is 1.18. The summed E-state index contributed by atoms with van der Waals surface area (Å²) in [6.07, 6.45) is 0. The summed E-state index contributed by atoms with van der Waals surface area (Å²) in [7, 11) is 0. The highest BCUT2D eigenvalue weighted by Gasteiger charge is 2.12. The third-order valence-electron chi connectivity index (χ3n) is 2.16. The molecule has 0 radical (unpaired) electrons. The van der Waals surface area contributed by atoms with E-state index in [4.69, 9.17) is 27.4 Å². The van der Waals surface area contributed by atoms with E-state index >= 15 is 0 Å². The van der Waals surface area contributed by atoms with Gasteiger partial charge in [-0.25, -0.2) is 0 Å².